The van der Waals surface area contributed by atoms with Gasteiger partial charge in [0.2, 0.25) is 0 Å². The molecular weight excluding hydrogens is 226 g/mol. The summed E-state index contributed by atoms with van der Waals surface area (Å²) in [4.78, 5) is 0. The number of benzene rings is 1. The van der Waals surface area contributed by atoms with Crippen LogP contribution in [0.1, 0.15) is 24.8 Å². The van der Waals surface area contributed by atoms with Crippen molar-refractivity contribution in [2.75, 3.05) is 5.73 Å². The zero-order chi connectivity index (χ0) is 12.5. The van der Waals surface area contributed by atoms with Gasteiger partial charge in [-0.05, 0) is 41.8 Å². The number of hydrogen-bond acceptors (Lipinski definition) is 4. The van der Waals surface area contributed by atoms with Crippen molar-refractivity contribution in [3.63, 3.8) is 0 Å². The predicted molar refractivity (Wildman–Crippen MR) is 69.7 cm³/mol. The number of aryl methyl sites for hydroxylation is 2. The molecule has 0 amide bonds. The molecular formula is C13H17N5. The van der Waals surface area contributed by atoms with Gasteiger partial charge in [0.05, 0.1) is 0 Å². The zero-order valence-electron chi connectivity index (χ0n) is 10.5. The smallest absolute Gasteiger partial charge is 0.184 e. The molecule has 0 spiro atoms. The van der Waals surface area contributed by atoms with Gasteiger partial charge < -0.3 is 5.73 Å². The van der Waals surface area contributed by atoms with E-state index in [9.17, 15) is 0 Å². The average molecular weight is 243 g/mol. The molecule has 1 aromatic carbocycles. The number of nitrogen functional groups attached to an aromatic ring is 1. The lowest BCUT2D eigenvalue weighted by Gasteiger charge is -2.07. The minimum atomic E-state index is 0.725. The van der Waals surface area contributed by atoms with Gasteiger partial charge in [0.1, 0.15) is 0 Å². The van der Waals surface area contributed by atoms with Crippen molar-refractivity contribution in [2.24, 2.45) is 5.92 Å². The van der Waals surface area contributed by atoms with E-state index in [4.69, 9.17) is 5.73 Å². The molecule has 5 nitrogen and oxygen atoms in total. The van der Waals surface area contributed by atoms with Crippen LogP contribution in [0, 0.1) is 12.8 Å². The first-order valence-electron chi connectivity index (χ1n) is 6.36. The first kappa shape index (κ1) is 11.2. The molecule has 1 aromatic heterocycles. The second kappa shape index (κ2) is 4.40. The molecule has 0 unspecified atom stereocenters. The highest BCUT2D eigenvalue weighted by Gasteiger charge is 2.22. The van der Waals surface area contributed by atoms with E-state index in [-0.39, 0.29) is 0 Å². The SMILES string of the molecule is Cc1ccc(N)c(-c2nnnn2CCC2CC2)c1. The second-order valence-electron chi connectivity index (χ2n) is 5.05. The Morgan fingerprint density at radius 2 is 2.22 bits per heavy atom. The van der Waals surface area contributed by atoms with Crippen molar-refractivity contribution in [1.82, 2.24) is 20.2 Å². The normalized spacial score (nSPS) is 14.9. The molecule has 2 N–H and O–H groups in total. The van der Waals surface area contributed by atoms with Crippen molar-refractivity contribution < 1.29 is 0 Å². The van der Waals surface area contributed by atoms with Crippen LogP contribution in [-0.2, 0) is 6.54 Å². The van der Waals surface area contributed by atoms with E-state index >= 15 is 0 Å². The number of rotatable bonds is 4. The third-order valence-corrected chi connectivity index (χ3v) is 3.43. The predicted octanol–water partition coefficient (Wildman–Crippen LogP) is 2.03. The molecule has 2 aromatic rings. The molecule has 1 heterocycles. The minimum absolute atomic E-state index is 0.725. The number of tetrazole rings is 1. The Balaban J connectivity index is 1.90. The third kappa shape index (κ3) is 2.20. The second-order valence-corrected chi connectivity index (χ2v) is 5.05. The van der Waals surface area contributed by atoms with Gasteiger partial charge in [0.25, 0.3) is 0 Å². The maximum atomic E-state index is 6.01. The molecule has 94 valence electrons. The summed E-state index contributed by atoms with van der Waals surface area (Å²) in [7, 11) is 0. The lowest BCUT2D eigenvalue weighted by molar-refractivity contribution is 0.535. The number of hydrogen-bond donors (Lipinski definition) is 1. The number of nitrogens with zero attached hydrogens (tertiary/aromatic N) is 4. The Kier molecular flexibility index (Phi) is 2.74. The Morgan fingerprint density at radius 3 is 3.00 bits per heavy atom. The Labute approximate surface area is 106 Å². The summed E-state index contributed by atoms with van der Waals surface area (Å²) >= 11 is 0. The van der Waals surface area contributed by atoms with Crippen molar-refractivity contribution in [1.29, 1.82) is 0 Å². The number of anilines is 1. The number of nitrogens with two attached hydrogens (primary N) is 1. The molecule has 1 aliphatic rings. The lowest BCUT2D eigenvalue weighted by atomic mass is 10.1. The molecule has 0 radical (unpaired) electrons. The summed E-state index contributed by atoms with van der Waals surface area (Å²) < 4.78 is 1.86. The summed E-state index contributed by atoms with van der Waals surface area (Å²) in [5.74, 6) is 1.65. The standard InChI is InChI=1S/C13H17N5/c1-9-2-5-12(14)11(8-9)13-15-16-17-18(13)7-6-10-3-4-10/h2,5,8,10H,3-4,6-7,14H2,1H3. The van der Waals surface area contributed by atoms with Crippen molar-refractivity contribution >= 4 is 5.69 Å². The largest absolute Gasteiger partial charge is 0.398 e. The molecule has 0 aliphatic heterocycles. The fourth-order valence-corrected chi connectivity index (χ4v) is 2.12. The van der Waals surface area contributed by atoms with Gasteiger partial charge in [-0.15, -0.1) is 5.10 Å². The maximum absolute atomic E-state index is 6.01. The van der Waals surface area contributed by atoms with Gasteiger partial charge >= 0.3 is 0 Å². The summed E-state index contributed by atoms with van der Waals surface area (Å²) in [6.45, 7) is 2.92. The molecule has 0 bridgehead atoms. The Hall–Kier alpha value is -1.91. The van der Waals surface area contributed by atoms with Gasteiger partial charge in [-0.1, -0.05) is 24.5 Å². The maximum Gasteiger partial charge on any atom is 0.184 e. The van der Waals surface area contributed by atoms with Gasteiger partial charge in [0, 0.05) is 17.8 Å². The van der Waals surface area contributed by atoms with Crippen LogP contribution in [0.3, 0.4) is 0 Å². The van der Waals surface area contributed by atoms with Gasteiger partial charge in [-0.25, -0.2) is 4.68 Å². The molecule has 1 aliphatic carbocycles. The summed E-state index contributed by atoms with van der Waals surface area (Å²) in [6.07, 6.45) is 3.86. The molecule has 0 saturated heterocycles. The van der Waals surface area contributed by atoms with Crippen LogP contribution >= 0.6 is 0 Å². The van der Waals surface area contributed by atoms with Crippen LogP contribution in [0.2, 0.25) is 0 Å². The Morgan fingerprint density at radius 1 is 1.39 bits per heavy atom. The minimum Gasteiger partial charge on any atom is -0.398 e. The van der Waals surface area contributed by atoms with Crippen LogP contribution in [0.5, 0.6) is 0 Å². The topological polar surface area (TPSA) is 69.6 Å². The van der Waals surface area contributed by atoms with E-state index in [0.717, 1.165) is 41.5 Å². The van der Waals surface area contributed by atoms with Crippen molar-refractivity contribution in [3.8, 4) is 11.4 Å². The van der Waals surface area contributed by atoms with E-state index in [2.05, 4.69) is 15.5 Å². The van der Waals surface area contributed by atoms with Crippen LogP contribution in [0.25, 0.3) is 11.4 Å². The molecule has 1 fully saturated rings. The van der Waals surface area contributed by atoms with Crippen LogP contribution < -0.4 is 5.73 Å². The monoisotopic (exact) mass is 243 g/mol. The number of aromatic nitrogens is 4. The van der Waals surface area contributed by atoms with Crippen molar-refractivity contribution in [2.45, 2.75) is 32.7 Å². The molecule has 3 rings (SSSR count). The highest BCUT2D eigenvalue weighted by molar-refractivity contribution is 5.71. The average Bonchev–Trinajstić information content (AvgIpc) is 3.08. The van der Waals surface area contributed by atoms with E-state index < -0.39 is 0 Å². The van der Waals surface area contributed by atoms with E-state index in [1.165, 1.54) is 12.8 Å². The fraction of sp³-hybridized carbons (Fsp3) is 0.462. The molecule has 18 heavy (non-hydrogen) atoms. The summed E-state index contributed by atoms with van der Waals surface area (Å²) in [5.41, 5.74) is 8.82. The highest BCUT2D eigenvalue weighted by atomic mass is 15.5. The van der Waals surface area contributed by atoms with Crippen LogP contribution in [-0.4, -0.2) is 20.2 Å². The molecule has 5 heteroatoms. The Bertz CT molecular complexity index is 556. The third-order valence-electron chi connectivity index (χ3n) is 3.43. The highest BCUT2D eigenvalue weighted by Crippen LogP contribution is 2.33. The van der Waals surface area contributed by atoms with E-state index in [1.54, 1.807) is 0 Å². The quantitative estimate of drug-likeness (QED) is 0.834. The van der Waals surface area contributed by atoms with E-state index in [0.29, 0.717) is 0 Å². The molecule has 1 saturated carbocycles. The summed E-state index contributed by atoms with van der Waals surface area (Å²) in [5, 5.41) is 11.9. The molecule has 0 atom stereocenters. The van der Waals surface area contributed by atoms with Crippen molar-refractivity contribution in [3.05, 3.63) is 23.8 Å². The van der Waals surface area contributed by atoms with Gasteiger partial charge in [-0.3, -0.25) is 0 Å². The van der Waals surface area contributed by atoms with E-state index in [1.807, 2.05) is 29.8 Å². The lowest BCUT2D eigenvalue weighted by Crippen LogP contribution is -2.05. The first-order chi connectivity index (χ1) is 8.74. The summed E-state index contributed by atoms with van der Waals surface area (Å²) in [6, 6.07) is 5.94. The van der Waals surface area contributed by atoms with Gasteiger partial charge in [0.15, 0.2) is 5.82 Å². The first-order valence-corrected chi connectivity index (χ1v) is 6.36. The van der Waals surface area contributed by atoms with Gasteiger partial charge in [-0.2, -0.15) is 0 Å². The van der Waals surface area contributed by atoms with Crippen LogP contribution in [0.4, 0.5) is 5.69 Å². The zero-order valence-corrected chi connectivity index (χ0v) is 10.5. The fourth-order valence-electron chi connectivity index (χ4n) is 2.12. The van der Waals surface area contributed by atoms with Crippen LogP contribution in [0.15, 0.2) is 18.2 Å².